The number of nitrogens with one attached hydrogen (secondary N) is 1. The van der Waals surface area contributed by atoms with Crippen LogP contribution in [0.4, 0.5) is 5.69 Å². The summed E-state index contributed by atoms with van der Waals surface area (Å²) in [5, 5.41) is 12.8. The van der Waals surface area contributed by atoms with Crippen molar-refractivity contribution in [1.82, 2.24) is 0 Å². The lowest BCUT2D eigenvalue weighted by Gasteiger charge is -2.29. The number of fused-ring (bicyclic) bond motifs is 1. The van der Waals surface area contributed by atoms with Gasteiger partial charge < -0.3 is 24.6 Å². The third-order valence-electron chi connectivity index (χ3n) is 4.02. The molecule has 1 aromatic rings. The highest BCUT2D eigenvalue weighted by Gasteiger charge is 2.29. The zero-order valence-corrected chi connectivity index (χ0v) is 14.1. The summed E-state index contributed by atoms with van der Waals surface area (Å²) >= 11 is 5.65. The maximum atomic E-state index is 9.65. The normalized spacial score (nSPS) is 18.5. The lowest BCUT2D eigenvalue weighted by Crippen LogP contribution is -2.22. The first-order valence-corrected chi connectivity index (χ1v) is 7.98. The Hall–Kier alpha value is -1.17. The second-order valence-electron chi connectivity index (χ2n) is 5.36. The van der Waals surface area contributed by atoms with Crippen molar-refractivity contribution < 1.29 is 19.3 Å². The minimum Gasteiger partial charge on any atom is -0.496 e. The number of alkyl halides is 1. The van der Waals surface area contributed by atoms with Gasteiger partial charge in [-0.1, -0.05) is 0 Å². The van der Waals surface area contributed by atoms with Crippen LogP contribution in [0.15, 0.2) is 6.07 Å². The van der Waals surface area contributed by atoms with Crippen molar-refractivity contribution in [3.8, 4) is 11.5 Å². The number of methoxy groups -OCH3 is 3. The van der Waals surface area contributed by atoms with E-state index < -0.39 is 6.10 Å². The van der Waals surface area contributed by atoms with Crippen molar-refractivity contribution >= 4 is 17.3 Å². The Labute approximate surface area is 136 Å². The predicted octanol–water partition coefficient (Wildman–Crippen LogP) is 2.74. The number of hydrogen-bond donors (Lipinski definition) is 2. The van der Waals surface area contributed by atoms with Crippen LogP contribution in [-0.2, 0) is 11.2 Å². The third kappa shape index (κ3) is 3.42. The van der Waals surface area contributed by atoms with Crippen LogP contribution in [0.1, 0.15) is 30.1 Å². The van der Waals surface area contributed by atoms with Gasteiger partial charge in [0.05, 0.1) is 38.0 Å². The molecule has 0 heterocycles. The second-order valence-corrected chi connectivity index (χ2v) is 5.67. The summed E-state index contributed by atoms with van der Waals surface area (Å²) in [5.74, 6) is 1.75. The van der Waals surface area contributed by atoms with Gasteiger partial charge in [-0.25, -0.2) is 0 Å². The summed E-state index contributed by atoms with van der Waals surface area (Å²) in [5.41, 5.74) is 2.96. The molecule has 2 unspecified atom stereocenters. The van der Waals surface area contributed by atoms with E-state index in [4.69, 9.17) is 25.8 Å². The smallest absolute Gasteiger partial charge is 0.148 e. The Bertz CT molecular complexity index is 509. The summed E-state index contributed by atoms with van der Waals surface area (Å²) in [6, 6.07) is 1.91. The third-order valence-corrected chi connectivity index (χ3v) is 4.37. The zero-order valence-electron chi connectivity index (χ0n) is 13.3. The minimum atomic E-state index is -0.619. The Kier molecular flexibility index (Phi) is 6.17. The first-order valence-electron chi connectivity index (χ1n) is 7.44. The molecule has 0 amide bonds. The Morgan fingerprint density at radius 3 is 2.73 bits per heavy atom. The second kappa shape index (κ2) is 7.90. The van der Waals surface area contributed by atoms with Gasteiger partial charge in [0.2, 0.25) is 0 Å². The van der Waals surface area contributed by atoms with Gasteiger partial charge in [-0.05, 0) is 19.3 Å². The molecule has 1 aromatic carbocycles. The number of aliphatic hydroxyl groups is 1. The quantitative estimate of drug-likeness (QED) is 0.753. The van der Waals surface area contributed by atoms with Crippen molar-refractivity contribution in [2.45, 2.75) is 31.5 Å². The van der Waals surface area contributed by atoms with Crippen LogP contribution in [0.2, 0.25) is 0 Å². The summed E-state index contributed by atoms with van der Waals surface area (Å²) in [6.45, 7) is 0.347. The fourth-order valence-electron chi connectivity index (χ4n) is 2.96. The topological polar surface area (TPSA) is 60.0 Å². The van der Waals surface area contributed by atoms with Gasteiger partial charge in [0, 0.05) is 30.8 Å². The van der Waals surface area contributed by atoms with E-state index in [2.05, 4.69) is 5.32 Å². The number of aliphatic hydroxyl groups excluding tert-OH is 1. The average Bonchev–Trinajstić information content (AvgIpc) is 2.57. The number of benzene rings is 1. The molecular formula is C16H24ClNO4. The van der Waals surface area contributed by atoms with Gasteiger partial charge in [0.15, 0.2) is 0 Å². The number of ether oxygens (including phenoxy) is 3. The SMILES string of the molecule is COc1cc(NCC(O)CCl)c(OC)c2c1CCCC2OC. The maximum Gasteiger partial charge on any atom is 0.148 e. The number of anilines is 1. The number of hydrogen-bond acceptors (Lipinski definition) is 5. The van der Waals surface area contributed by atoms with E-state index in [0.717, 1.165) is 47.6 Å². The highest BCUT2D eigenvalue weighted by Crippen LogP contribution is 2.46. The van der Waals surface area contributed by atoms with Gasteiger partial charge in [0.1, 0.15) is 11.5 Å². The van der Waals surface area contributed by atoms with Crippen LogP contribution >= 0.6 is 11.6 Å². The molecule has 1 aliphatic rings. The molecule has 124 valence electrons. The molecule has 0 bridgehead atoms. The zero-order chi connectivity index (χ0) is 16.1. The molecule has 0 saturated carbocycles. The molecule has 2 atom stereocenters. The van der Waals surface area contributed by atoms with Crippen molar-refractivity contribution in [2.75, 3.05) is 39.1 Å². The molecule has 2 rings (SSSR count). The largest absolute Gasteiger partial charge is 0.496 e. The number of rotatable bonds is 7. The van der Waals surface area contributed by atoms with Crippen LogP contribution in [0.25, 0.3) is 0 Å². The minimum absolute atomic E-state index is 0.00713. The molecule has 2 N–H and O–H groups in total. The van der Waals surface area contributed by atoms with E-state index in [0.29, 0.717) is 6.54 Å². The highest BCUT2D eigenvalue weighted by molar-refractivity contribution is 6.18. The Balaban J connectivity index is 2.45. The summed E-state index contributed by atoms with van der Waals surface area (Å²) in [4.78, 5) is 0. The van der Waals surface area contributed by atoms with Crippen molar-refractivity contribution in [3.05, 3.63) is 17.2 Å². The summed E-state index contributed by atoms with van der Waals surface area (Å²) in [6.07, 6.45) is 2.33. The van der Waals surface area contributed by atoms with E-state index >= 15 is 0 Å². The molecule has 0 aliphatic heterocycles. The molecule has 5 nitrogen and oxygen atoms in total. The fraction of sp³-hybridized carbons (Fsp3) is 0.625. The monoisotopic (exact) mass is 329 g/mol. The van der Waals surface area contributed by atoms with E-state index in [1.165, 1.54) is 0 Å². The van der Waals surface area contributed by atoms with Crippen LogP contribution < -0.4 is 14.8 Å². The first kappa shape index (κ1) is 17.2. The Morgan fingerprint density at radius 1 is 1.36 bits per heavy atom. The first-order chi connectivity index (χ1) is 10.7. The van der Waals surface area contributed by atoms with E-state index in [1.54, 1.807) is 21.3 Å². The van der Waals surface area contributed by atoms with Crippen molar-refractivity contribution in [1.29, 1.82) is 0 Å². The lowest BCUT2D eigenvalue weighted by molar-refractivity contribution is 0.0852. The van der Waals surface area contributed by atoms with Gasteiger partial charge >= 0.3 is 0 Å². The molecule has 0 spiro atoms. The summed E-state index contributed by atoms with van der Waals surface area (Å²) < 4.78 is 16.8. The van der Waals surface area contributed by atoms with Gasteiger partial charge in [0.25, 0.3) is 0 Å². The van der Waals surface area contributed by atoms with Crippen LogP contribution in [-0.4, -0.2) is 45.0 Å². The number of halogens is 1. The predicted molar refractivity (Wildman–Crippen MR) is 87.5 cm³/mol. The Morgan fingerprint density at radius 2 is 2.14 bits per heavy atom. The van der Waals surface area contributed by atoms with Crippen molar-refractivity contribution in [3.63, 3.8) is 0 Å². The van der Waals surface area contributed by atoms with E-state index in [1.807, 2.05) is 6.07 Å². The van der Waals surface area contributed by atoms with Gasteiger partial charge in [-0.2, -0.15) is 0 Å². The standard InChI is InChI=1S/C16H24ClNO4/c1-20-13-6-4-5-11-14(21-2)7-12(16(22-3)15(11)13)18-9-10(19)8-17/h7,10,13,18-19H,4-6,8-9H2,1-3H3. The van der Waals surface area contributed by atoms with Crippen LogP contribution in [0, 0.1) is 0 Å². The van der Waals surface area contributed by atoms with Crippen LogP contribution in [0.3, 0.4) is 0 Å². The molecule has 22 heavy (non-hydrogen) atoms. The van der Waals surface area contributed by atoms with Gasteiger partial charge in [-0.15, -0.1) is 11.6 Å². The molecule has 0 saturated heterocycles. The van der Waals surface area contributed by atoms with E-state index in [9.17, 15) is 5.11 Å². The van der Waals surface area contributed by atoms with E-state index in [-0.39, 0.29) is 12.0 Å². The molecule has 6 heteroatoms. The van der Waals surface area contributed by atoms with Gasteiger partial charge in [-0.3, -0.25) is 0 Å². The lowest BCUT2D eigenvalue weighted by atomic mass is 9.87. The molecule has 1 aliphatic carbocycles. The fourth-order valence-corrected chi connectivity index (χ4v) is 3.07. The molecule has 0 radical (unpaired) electrons. The van der Waals surface area contributed by atoms with Crippen molar-refractivity contribution in [2.24, 2.45) is 0 Å². The average molecular weight is 330 g/mol. The summed E-state index contributed by atoms with van der Waals surface area (Å²) in [7, 11) is 5.02. The molecule has 0 fully saturated rings. The molecule has 0 aromatic heterocycles. The maximum absolute atomic E-state index is 9.65. The van der Waals surface area contributed by atoms with Crippen LogP contribution in [0.5, 0.6) is 11.5 Å². The highest BCUT2D eigenvalue weighted by atomic mass is 35.5. The molecular weight excluding hydrogens is 306 g/mol.